The molecule has 1 aliphatic heterocycles. The summed E-state index contributed by atoms with van der Waals surface area (Å²) in [5.41, 5.74) is 1.10. The van der Waals surface area contributed by atoms with Crippen LogP contribution in [0.1, 0.15) is 47.9 Å². The van der Waals surface area contributed by atoms with Gasteiger partial charge in [0.25, 0.3) is 11.8 Å². The van der Waals surface area contributed by atoms with Crippen LogP contribution in [0.15, 0.2) is 35.4 Å². The largest absolute Gasteiger partial charge is 0.376 e. The smallest absolute Gasteiger partial charge is 0.271 e. The van der Waals surface area contributed by atoms with Crippen molar-refractivity contribution in [1.82, 2.24) is 30.0 Å². The number of carbonyl (C=O) groups is 1. The lowest BCUT2D eigenvalue weighted by molar-refractivity contribution is 0.0854. The van der Waals surface area contributed by atoms with Gasteiger partial charge in [-0.05, 0) is 37.8 Å². The van der Waals surface area contributed by atoms with E-state index in [-0.39, 0.29) is 12.0 Å². The fourth-order valence-corrected chi connectivity index (χ4v) is 3.19. The number of nitrogens with zero attached hydrogens (tertiary/aromatic N) is 5. The van der Waals surface area contributed by atoms with Crippen LogP contribution in [0.5, 0.6) is 0 Å². The van der Waals surface area contributed by atoms with Crippen LogP contribution in [0.2, 0.25) is 0 Å². The molecule has 1 saturated heterocycles. The predicted octanol–water partition coefficient (Wildman–Crippen LogP) is 2.10. The first-order valence-electron chi connectivity index (χ1n) is 9.50. The molecule has 2 fully saturated rings. The third-order valence-corrected chi connectivity index (χ3v) is 4.97. The summed E-state index contributed by atoms with van der Waals surface area (Å²) in [5, 5.41) is 6.89. The zero-order chi connectivity index (χ0) is 18.9. The van der Waals surface area contributed by atoms with Crippen molar-refractivity contribution in [1.29, 1.82) is 0 Å². The number of hydrogen-bond acceptors (Lipinski definition) is 7. The quantitative estimate of drug-likeness (QED) is 0.698. The summed E-state index contributed by atoms with van der Waals surface area (Å²) < 4.78 is 12.5. The summed E-state index contributed by atoms with van der Waals surface area (Å²) in [4.78, 5) is 25.3. The number of rotatable bonds is 6. The highest BCUT2D eigenvalue weighted by Gasteiger charge is 2.29. The average molecular weight is 380 g/mol. The Kier molecular flexibility index (Phi) is 4.36. The first-order chi connectivity index (χ1) is 13.8. The minimum absolute atomic E-state index is 0.102. The van der Waals surface area contributed by atoms with Crippen molar-refractivity contribution in [3.8, 4) is 17.3 Å². The zero-order valence-electron chi connectivity index (χ0n) is 15.2. The van der Waals surface area contributed by atoms with E-state index in [1.54, 1.807) is 23.3 Å². The fraction of sp³-hybridized carbons (Fsp3) is 0.421. The minimum atomic E-state index is -0.218. The van der Waals surface area contributed by atoms with Crippen LogP contribution < -0.4 is 5.32 Å². The van der Waals surface area contributed by atoms with Gasteiger partial charge >= 0.3 is 0 Å². The van der Waals surface area contributed by atoms with Gasteiger partial charge in [-0.2, -0.15) is 4.98 Å². The molecule has 0 radical (unpaired) electrons. The average Bonchev–Trinajstić information content (AvgIpc) is 3.16. The highest BCUT2D eigenvalue weighted by Crippen LogP contribution is 2.38. The summed E-state index contributed by atoms with van der Waals surface area (Å²) in [6, 6.07) is 3.69. The summed E-state index contributed by atoms with van der Waals surface area (Å²) in [6.45, 7) is 1.27. The van der Waals surface area contributed by atoms with Gasteiger partial charge < -0.3 is 14.6 Å². The van der Waals surface area contributed by atoms with E-state index in [4.69, 9.17) is 9.26 Å². The number of amides is 1. The van der Waals surface area contributed by atoms with E-state index in [9.17, 15) is 4.79 Å². The van der Waals surface area contributed by atoms with Gasteiger partial charge in [-0.15, -0.1) is 0 Å². The molecule has 0 aromatic carbocycles. The molecule has 5 rings (SSSR count). The predicted molar refractivity (Wildman–Crippen MR) is 97.9 cm³/mol. The maximum atomic E-state index is 12.3. The summed E-state index contributed by atoms with van der Waals surface area (Å²) in [7, 11) is 0. The molecule has 0 spiro atoms. The van der Waals surface area contributed by atoms with Crippen LogP contribution in [0.25, 0.3) is 17.3 Å². The second kappa shape index (κ2) is 7.16. The molecule has 0 unspecified atom stereocenters. The molecular formula is C19H20N6O3. The Balaban J connectivity index is 1.25. The van der Waals surface area contributed by atoms with Gasteiger partial charge in [-0.25, -0.2) is 9.97 Å². The first-order valence-corrected chi connectivity index (χ1v) is 9.50. The molecule has 1 aliphatic carbocycles. The van der Waals surface area contributed by atoms with Crippen LogP contribution in [-0.4, -0.2) is 49.8 Å². The zero-order valence-corrected chi connectivity index (χ0v) is 15.2. The topological polar surface area (TPSA) is 108 Å². The van der Waals surface area contributed by atoms with Gasteiger partial charge in [0, 0.05) is 31.5 Å². The molecule has 1 atom stereocenters. The van der Waals surface area contributed by atoms with Crippen molar-refractivity contribution in [2.45, 2.75) is 37.7 Å². The monoisotopic (exact) mass is 380 g/mol. The number of nitrogens with one attached hydrogen (secondary N) is 1. The molecule has 144 valence electrons. The molecular weight excluding hydrogens is 360 g/mol. The van der Waals surface area contributed by atoms with E-state index in [0.29, 0.717) is 29.9 Å². The summed E-state index contributed by atoms with van der Waals surface area (Å²) in [5.74, 6) is 2.12. The first kappa shape index (κ1) is 17.1. The Morgan fingerprint density at radius 3 is 2.93 bits per heavy atom. The Labute approximate surface area is 161 Å². The number of hydrogen-bond donors (Lipinski definition) is 1. The molecule has 28 heavy (non-hydrogen) atoms. The minimum Gasteiger partial charge on any atom is -0.376 e. The van der Waals surface area contributed by atoms with Crippen LogP contribution in [-0.2, 0) is 4.74 Å². The number of imidazole rings is 1. The van der Waals surface area contributed by atoms with Crippen molar-refractivity contribution in [2.24, 2.45) is 0 Å². The Hall–Kier alpha value is -3.07. The van der Waals surface area contributed by atoms with E-state index >= 15 is 0 Å². The normalized spacial score (nSPS) is 19.1. The molecule has 3 aromatic heterocycles. The lowest BCUT2D eigenvalue weighted by atomic mass is 10.2. The van der Waals surface area contributed by atoms with Gasteiger partial charge in [-0.1, -0.05) is 5.16 Å². The maximum absolute atomic E-state index is 12.3. The van der Waals surface area contributed by atoms with E-state index in [1.165, 1.54) is 0 Å². The third kappa shape index (κ3) is 3.53. The van der Waals surface area contributed by atoms with E-state index in [1.807, 2.05) is 12.1 Å². The molecule has 0 bridgehead atoms. The van der Waals surface area contributed by atoms with Crippen molar-refractivity contribution < 1.29 is 14.1 Å². The fourth-order valence-electron chi connectivity index (χ4n) is 3.19. The van der Waals surface area contributed by atoms with Gasteiger partial charge in [0.15, 0.2) is 5.82 Å². The molecule has 4 heterocycles. The van der Waals surface area contributed by atoms with Gasteiger partial charge in [0.2, 0.25) is 0 Å². The second-order valence-corrected chi connectivity index (χ2v) is 7.15. The van der Waals surface area contributed by atoms with E-state index < -0.39 is 0 Å². The Bertz CT molecular complexity index is 970. The van der Waals surface area contributed by atoms with Crippen LogP contribution in [0, 0.1) is 0 Å². The van der Waals surface area contributed by atoms with Crippen molar-refractivity contribution >= 4 is 5.91 Å². The molecule has 3 aromatic rings. The molecule has 9 heteroatoms. The number of carbonyl (C=O) groups excluding carboxylic acids is 1. The highest BCUT2D eigenvalue weighted by molar-refractivity contribution is 5.92. The molecule has 2 aliphatic rings. The van der Waals surface area contributed by atoms with Gasteiger partial charge in [-0.3, -0.25) is 9.36 Å². The third-order valence-electron chi connectivity index (χ3n) is 4.97. The number of aromatic nitrogens is 5. The van der Waals surface area contributed by atoms with Gasteiger partial charge in [0.1, 0.15) is 17.8 Å². The maximum Gasteiger partial charge on any atom is 0.271 e. The van der Waals surface area contributed by atoms with Crippen LogP contribution in [0.3, 0.4) is 0 Å². The Morgan fingerprint density at radius 1 is 1.25 bits per heavy atom. The van der Waals surface area contributed by atoms with Crippen LogP contribution in [0.4, 0.5) is 0 Å². The molecule has 1 N–H and O–H groups in total. The molecule has 1 saturated carbocycles. The van der Waals surface area contributed by atoms with Crippen molar-refractivity contribution in [3.63, 3.8) is 0 Å². The van der Waals surface area contributed by atoms with E-state index in [2.05, 4.69) is 25.4 Å². The molecule has 9 nitrogen and oxygen atoms in total. The number of pyridine rings is 1. The van der Waals surface area contributed by atoms with Crippen molar-refractivity contribution in [3.05, 3.63) is 42.4 Å². The lowest BCUT2D eigenvalue weighted by Crippen LogP contribution is -2.31. The molecule has 1 amide bonds. The van der Waals surface area contributed by atoms with Crippen molar-refractivity contribution in [2.75, 3.05) is 13.2 Å². The van der Waals surface area contributed by atoms with Gasteiger partial charge in [0.05, 0.1) is 11.7 Å². The van der Waals surface area contributed by atoms with Crippen LogP contribution >= 0.6 is 0 Å². The van der Waals surface area contributed by atoms with E-state index in [0.717, 1.165) is 43.7 Å². The highest BCUT2D eigenvalue weighted by atomic mass is 16.5. The number of ether oxygens (including phenoxy) is 1. The second-order valence-electron chi connectivity index (χ2n) is 7.15. The standard InChI is InChI=1S/C19H20N6O3/c26-18(21-9-14-2-1-7-27-14)15-10-25(11-22-15)16-6-5-13(8-20-16)19-23-17(24-28-19)12-3-4-12/h5-6,8,10-12,14H,1-4,7,9H2,(H,21,26)/t14-/m0/s1. The summed E-state index contributed by atoms with van der Waals surface area (Å²) in [6.07, 6.45) is 9.28. The lowest BCUT2D eigenvalue weighted by Gasteiger charge is -2.09. The SMILES string of the molecule is O=C(NC[C@@H]1CCCO1)c1cn(-c2ccc(-c3nc(C4CC4)no3)cn2)cn1. The summed E-state index contributed by atoms with van der Waals surface area (Å²) >= 11 is 0. The Morgan fingerprint density at radius 2 is 2.18 bits per heavy atom.